The van der Waals surface area contributed by atoms with Gasteiger partial charge in [-0.25, -0.2) is 0 Å². The van der Waals surface area contributed by atoms with Gasteiger partial charge in [-0.05, 0) is 30.7 Å². The number of carboxylic acid groups (broad SMARTS) is 1. The molecule has 0 spiro atoms. The van der Waals surface area contributed by atoms with Crippen LogP contribution in [0.2, 0.25) is 5.02 Å². The van der Waals surface area contributed by atoms with Gasteiger partial charge in [-0.3, -0.25) is 14.5 Å². The van der Waals surface area contributed by atoms with Gasteiger partial charge in [-0.1, -0.05) is 29.8 Å². The summed E-state index contributed by atoms with van der Waals surface area (Å²) in [5.41, 5.74) is 0.896. The number of nitrogens with zero attached hydrogens (tertiary/aromatic N) is 1. The number of aryl methyl sites for hydroxylation is 1. The maximum Gasteiger partial charge on any atom is 0.321 e. The highest BCUT2D eigenvalue weighted by Crippen LogP contribution is 2.51. The van der Waals surface area contributed by atoms with Crippen LogP contribution < -0.4 is 10.1 Å². The van der Waals surface area contributed by atoms with Crippen molar-refractivity contribution in [2.24, 2.45) is 0 Å². The van der Waals surface area contributed by atoms with E-state index < -0.39 is 29.6 Å². The normalized spacial score (nSPS) is 26.3. The highest BCUT2D eigenvalue weighted by atomic mass is 35.5. The van der Waals surface area contributed by atoms with Gasteiger partial charge in [0.05, 0.1) is 13.2 Å². The van der Waals surface area contributed by atoms with Crippen molar-refractivity contribution in [2.45, 2.75) is 31.0 Å². The number of hydrogen-bond acceptors (Lipinski definition) is 5. The Morgan fingerprint density at radius 3 is 2.72 bits per heavy atom. The molecule has 1 amide bonds. The summed E-state index contributed by atoms with van der Waals surface area (Å²) in [6, 6.07) is 9.43. The zero-order valence-corrected chi connectivity index (χ0v) is 16.7. The highest BCUT2D eigenvalue weighted by molar-refractivity contribution is 6.31. The average molecular weight is 417 g/mol. The van der Waals surface area contributed by atoms with E-state index >= 15 is 0 Å². The van der Waals surface area contributed by atoms with E-state index in [1.807, 2.05) is 6.92 Å². The molecule has 8 heteroatoms. The van der Waals surface area contributed by atoms with E-state index in [1.54, 1.807) is 41.3 Å². The first-order chi connectivity index (χ1) is 13.8. The summed E-state index contributed by atoms with van der Waals surface area (Å²) in [6.07, 6.45) is -0.852. The SMILES string of the molecule is COc1ccccc1C1(N2C[C@H](O)C[C@H]2C(=O)O)C(=O)Nc2cc(C)c(Cl)cc21. The number of carboxylic acids is 1. The van der Waals surface area contributed by atoms with Gasteiger partial charge in [0.25, 0.3) is 5.91 Å². The minimum atomic E-state index is -1.50. The summed E-state index contributed by atoms with van der Waals surface area (Å²) in [4.78, 5) is 27.2. The molecule has 0 radical (unpaired) electrons. The molecule has 1 fully saturated rings. The van der Waals surface area contributed by atoms with Crippen LogP contribution in [0, 0.1) is 6.92 Å². The Balaban J connectivity index is 2.07. The maximum atomic E-state index is 13.6. The van der Waals surface area contributed by atoms with Gasteiger partial charge in [0.1, 0.15) is 11.8 Å². The van der Waals surface area contributed by atoms with E-state index in [1.165, 1.54) is 7.11 Å². The second-order valence-electron chi connectivity index (χ2n) is 7.41. The van der Waals surface area contributed by atoms with Gasteiger partial charge in [0.2, 0.25) is 0 Å². The van der Waals surface area contributed by atoms with Crippen LogP contribution in [-0.4, -0.2) is 52.8 Å². The van der Waals surface area contributed by atoms with Gasteiger partial charge in [-0.15, -0.1) is 0 Å². The van der Waals surface area contributed by atoms with Crippen molar-refractivity contribution in [3.63, 3.8) is 0 Å². The molecule has 0 saturated carbocycles. The molecule has 7 nitrogen and oxygen atoms in total. The average Bonchev–Trinajstić information content (AvgIpc) is 3.20. The van der Waals surface area contributed by atoms with Crippen molar-refractivity contribution in [2.75, 3.05) is 19.0 Å². The number of carbonyl (C=O) groups is 2. The number of amides is 1. The lowest BCUT2D eigenvalue weighted by Gasteiger charge is -2.40. The minimum absolute atomic E-state index is 0.0212. The second-order valence-corrected chi connectivity index (χ2v) is 7.81. The lowest BCUT2D eigenvalue weighted by molar-refractivity contribution is -0.145. The number of nitrogens with one attached hydrogen (secondary N) is 1. The zero-order chi connectivity index (χ0) is 20.9. The van der Waals surface area contributed by atoms with Crippen LogP contribution in [0.5, 0.6) is 5.75 Å². The van der Waals surface area contributed by atoms with Crippen LogP contribution in [-0.2, 0) is 15.1 Å². The summed E-state index contributed by atoms with van der Waals surface area (Å²) in [5.74, 6) is -1.06. The second kappa shape index (κ2) is 7.02. The Bertz CT molecular complexity index is 1010. The number of carbonyl (C=O) groups excluding carboxylic acids is 1. The molecule has 0 aliphatic carbocycles. The van der Waals surface area contributed by atoms with Crippen molar-refractivity contribution >= 4 is 29.2 Å². The molecule has 2 aliphatic rings. The van der Waals surface area contributed by atoms with E-state index in [-0.39, 0.29) is 13.0 Å². The fourth-order valence-corrected chi connectivity index (χ4v) is 4.65. The number of likely N-dealkylation sites (tertiary alicyclic amines) is 1. The van der Waals surface area contributed by atoms with Gasteiger partial charge >= 0.3 is 5.97 Å². The summed E-state index contributed by atoms with van der Waals surface area (Å²) in [6.45, 7) is 1.85. The molecular formula is C21H21ClN2O5. The van der Waals surface area contributed by atoms with E-state index in [9.17, 15) is 19.8 Å². The third-order valence-corrected chi connectivity index (χ3v) is 6.16. The summed E-state index contributed by atoms with van der Waals surface area (Å²) < 4.78 is 5.53. The molecule has 1 saturated heterocycles. The molecule has 3 atom stereocenters. The standard InChI is InChI=1S/C21H21ClN2O5/c1-11-7-16-14(9-15(11)22)21(20(28)23-16,13-5-3-4-6-18(13)29-2)24-10-12(25)8-17(24)19(26)27/h3-7,9,12,17,25H,8,10H2,1-2H3,(H,23,28)(H,26,27)/t12-,17+,21?/m1/s1. The lowest BCUT2D eigenvalue weighted by atomic mass is 9.80. The third-order valence-electron chi connectivity index (χ3n) is 5.76. The summed E-state index contributed by atoms with van der Waals surface area (Å²) >= 11 is 6.41. The Hall–Kier alpha value is -2.61. The lowest BCUT2D eigenvalue weighted by Crippen LogP contribution is -2.56. The van der Waals surface area contributed by atoms with E-state index in [4.69, 9.17) is 16.3 Å². The fraction of sp³-hybridized carbons (Fsp3) is 0.333. The first-order valence-corrected chi connectivity index (χ1v) is 9.61. The molecule has 2 heterocycles. The zero-order valence-electron chi connectivity index (χ0n) is 16.0. The van der Waals surface area contributed by atoms with E-state index in [0.717, 1.165) is 5.56 Å². The van der Waals surface area contributed by atoms with Crippen LogP contribution in [0.4, 0.5) is 5.69 Å². The molecule has 0 aromatic heterocycles. The summed E-state index contributed by atoms with van der Waals surface area (Å²) in [5, 5.41) is 23.5. The number of methoxy groups -OCH3 is 1. The summed E-state index contributed by atoms with van der Waals surface area (Å²) in [7, 11) is 1.50. The van der Waals surface area contributed by atoms with Crippen LogP contribution in [0.15, 0.2) is 36.4 Å². The molecule has 4 rings (SSSR count). The van der Waals surface area contributed by atoms with Crippen molar-refractivity contribution in [3.8, 4) is 5.75 Å². The largest absolute Gasteiger partial charge is 0.496 e. The van der Waals surface area contributed by atoms with Gasteiger partial charge in [0, 0.05) is 34.8 Å². The van der Waals surface area contributed by atoms with Crippen molar-refractivity contribution in [1.29, 1.82) is 0 Å². The van der Waals surface area contributed by atoms with E-state index in [2.05, 4.69) is 5.32 Å². The number of halogens is 1. The number of benzene rings is 2. The van der Waals surface area contributed by atoms with Crippen LogP contribution in [0.1, 0.15) is 23.1 Å². The molecule has 2 aromatic carbocycles. The van der Waals surface area contributed by atoms with Crippen molar-refractivity contribution < 1.29 is 24.5 Å². The number of anilines is 1. The van der Waals surface area contributed by atoms with Crippen LogP contribution in [0.25, 0.3) is 0 Å². The van der Waals surface area contributed by atoms with Crippen LogP contribution >= 0.6 is 11.6 Å². The minimum Gasteiger partial charge on any atom is -0.496 e. The monoisotopic (exact) mass is 416 g/mol. The number of ether oxygens (including phenoxy) is 1. The topological polar surface area (TPSA) is 99.1 Å². The molecule has 0 bridgehead atoms. The fourth-order valence-electron chi connectivity index (χ4n) is 4.49. The Morgan fingerprint density at radius 1 is 1.31 bits per heavy atom. The van der Waals surface area contributed by atoms with Gasteiger partial charge in [0.15, 0.2) is 5.54 Å². The number of fused-ring (bicyclic) bond motifs is 1. The number of rotatable bonds is 4. The smallest absolute Gasteiger partial charge is 0.321 e. The van der Waals surface area contributed by atoms with Crippen LogP contribution in [0.3, 0.4) is 0 Å². The predicted octanol–water partition coefficient (Wildman–Crippen LogP) is 2.37. The number of aliphatic carboxylic acids is 1. The molecule has 2 aliphatic heterocycles. The first kappa shape index (κ1) is 19.7. The molecule has 1 unspecified atom stereocenters. The number of aliphatic hydroxyl groups excluding tert-OH is 1. The van der Waals surface area contributed by atoms with Gasteiger partial charge in [-0.2, -0.15) is 0 Å². The van der Waals surface area contributed by atoms with Crippen molar-refractivity contribution in [3.05, 3.63) is 58.1 Å². The predicted molar refractivity (Wildman–Crippen MR) is 107 cm³/mol. The number of hydrogen-bond donors (Lipinski definition) is 3. The molecular weight excluding hydrogens is 396 g/mol. The maximum absolute atomic E-state index is 13.6. The first-order valence-electron chi connectivity index (χ1n) is 9.23. The van der Waals surface area contributed by atoms with E-state index in [0.29, 0.717) is 27.6 Å². The van der Waals surface area contributed by atoms with Crippen molar-refractivity contribution in [1.82, 2.24) is 4.90 Å². The molecule has 2 aromatic rings. The number of aliphatic hydroxyl groups is 1. The highest BCUT2D eigenvalue weighted by Gasteiger charge is 2.59. The molecule has 3 N–H and O–H groups in total. The number of para-hydroxylation sites is 1. The molecule has 152 valence electrons. The Kier molecular flexibility index (Phi) is 4.77. The molecule has 29 heavy (non-hydrogen) atoms. The van der Waals surface area contributed by atoms with Gasteiger partial charge < -0.3 is 20.3 Å². The third kappa shape index (κ3) is 2.80. The quantitative estimate of drug-likeness (QED) is 0.707. The Morgan fingerprint density at radius 2 is 2.03 bits per heavy atom. The Labute approximate surface area is 172 Å². The number of β-amino-alcohol motifs (C(OH)–C–C–N with tert-alkyl or cyclic N) is 1.